The Bertz CT molecular complexity index is 1500. The van der Waals surface area contributed by atoms with Crippen molar-refractivity contribution in [3.63, 3.8) is 0 Å². The van der Waals surface area contributed by atoms with E-state index in [4.69, 9.17) is 14.6 Å². The quantitative estimate of drug-likeness (QED) is 0.556. The highest BCUT2D eigenvalue weighted by Gasteiger charge is 2.35. The molecule has 8 nitrogen and oxygen atoms in total. The van der Waals surface area contributed by atoms with Crippen LogP contribution in [0.2, 0.25) is 0 Å². The molecule has 3 heterocycles. The van der Waals surface area contributed by atoms with Gasteiger partial charge >= 0.3 is 6.18 Å². The topological polar surface area (TPSA) is 106 Å². The van der Waals surface area contributed by atoms with E-state index in [2.05, 4.69) is 19.6 Å². The number of hydrogen-bond acceptors (Lipinski definition) is 8. The molecule has 1 aromatic heterocycles. The van der Waals surface area contributed by atoms with Gasteiger partial charge in [-0.15, -0.1) is 0 Å². The van der Waals surface area contributed by atoms with Gasteiger partial charge in [0.2, 0.25) is 5.95 Å². The number of nitrogens with two attached hydrogens (primary N) is 1. The molecule has 0 spiro atoms. The van der Waals surface area contributed by atoms with E-state index in [1.807, 2.05) is 0 Å². The second-order valence-corrected chi connectivity index (χ2v) is 11.1. The number of benzene rings is 2. The predicted molar refractivity (Wildman–Crippen MR) is 128 cm³/mol. The van der Waals surface area contributed by atoms with Crippen molar-refractivity contribution >= 4 is 32.4 Å². The first-order chi connectivity index (χ1) is 17.7. The number of nitrogens with one attached hydrogen (secondary N) is 1. The fraction of sp³-hybridized carbons (Fsp3) is 0.391. The van der Waals surface area contributed by atoms with Crippen LogP contribution in [-0.2, 0) is 27.2 Å². The fourth-order valence-electron chi connectivity index (χ4n) is 4.13. The molecule has 0 radical (unpaired) electrons. The van der Waals surface area contributed by atoms with Crippen molar-refractivity contribution in [2.24, 2.45) is 10.1 Å². The second kappa shape index (κ2) is 8.61. The number of aromatic nitrogens is 2. The van der Waals surface area contributed by atoms with Gasteiger partial charge in [-0.05, 0) is 29.8 Å². The number of rotatable bonds is 4. The van der Waals surface area contributed by atoms with Gasteiger partial charge in [-0.25, -0.2) is 13.6 Å². The molecule has 12 heteroatoms. The molecule has 0 aliphatic carbocycles. The molecule has 3 aromatic rings. The Hall–Kier alpha value is -2.96. The Balaban J connectivity index is 1.58. The van der Waals surface area contributed by atoms with Crippen LogP contribution in [0.4, 0.5) is 24.9 Å². The van der Waals surface area contributed by atoms with Crippen molar-refractivity contribution in [2.45, 2.75) is 23.2 Å². The summed E-state index contributed by atoms with van der Waals surface area (Å²) in [4.78, 5) is 11.1. The summed E-state index contributed by atoms with van der Waals surface area (Å²) in [5.41, 5.74) is 5.57. The van der Waals surface area contributed by atoms with Gasteiger partial charge in [-0.3, -0.25) is 0 Å². The zero-order valence-corrected chi connectivity index (χ0v) is 19.3. The molecular weight excluding hydrogens is 481 g/mol. The lowest BCUT2D eigenvalue weighted by molar-refractivity contribution is -0.137. The number of hydrogen-bond donors (Lipinski definition) is 2. The molecule has 3 N–H and O–H groups in total. The molecule has 0 amide bonds. The minimum atomic E-state index is -4.55. The molecule has 0 bridgehead atoms. The molecule has 186 valence electrons. The van der Waals surface area contributed by atoms with Gasteiger partial charge in [0.15, 0.2) is 0 Å². The van der Waals surface area contributed by atoms with Gasteiger partial charge in [0.1, 0.15) is 5.82 Å². The van der Waals surface area contributed by atoms with Crippen LogP contribution in [-0.4, -0.2) is 58.7 Å². The summed E-state index contributed by atoms with van der Waals surface area (Å²) in [6, 6.07) is 9.96. The standard InChI is InChI=1S/C23H25F3N6O2S/c1-28-35(33)9-8-32(11-15-4-2-3-5-19(15)35)21-30-18-7-6-16(23(24,25)26)10-17(18)20(31-21)29-12-22(27)13-34-14-22/h2-7,10H,8-9,11-14,27H2,1H3,(H,29,30,31)/i1D3. The van der Waals surface area contributed by atoms with Crippen molar-refractivity contribution in [2.75, 3.05) is 49.2 Å². The molecule has 1 unspecified atom stereocenters. The van der Waals surface area contributed by atoms with Gasteiger partial charge in [-0.1, -0.05) is 18.2 Å². The highest BCUT2D eigenvalue weighted by molar-refractivity contribution is 7.93. The maximum absolute atomic E-state index is 13.8. The third-order valence-electron chi connectivity index (χ3n) is 6.14. The van der Waals surface area contributed by atoms with Crippen molar-refractivity contribution in [3.05, 3.63) is 53.6 Å². The Labute approximate surface area is 205 Å². The molecule has 2 aliphatic rings. The lowest BCUT2D eigenvalue weighted by atomic mass is 9.99. The first kappa shape index (κ1) is 20.3. The molecule has 2 aliphatic heterocycles. The van der Waals surface area contributed by atoms with Crippen LogP contribution in [0.1, 0.15) is 15.2 Å². The Morgan fingerprint density at radius 3 is 2.80 bits per heavy atom. The average molecular weight is 510 g/mol. The Morgan fingerprint density at radius 1 is 1.29 bits per heavy atom. The maximum atomic E-state index is 13.8. The number of fused-ring (bicyclic) bond motifs is 2. The van der Waals surface area contributed by atoms with Crippen LogP contribution in [0, 0.1) is 0 Å². The first-order valence-electron chi connectivity index (χ1n) is 12.3. The maximum Gasteiger partial charge on any atom is 0.416 e. The van der Waals surface area contributed by atoms with Gasteiger partial charge in [0.05, 0.1) is 50.2 Å². The van der Waals surface area contributed by atoms with Crippen molar-refractivity contribution < 1.29 is 26.2 Å². The van der Waals surface area contributed by atoms with Crippen molar-refractivity contribution in [1.29, 1.82) is 0 Å². The third kappa shape index (κ3) is 4.53. The number of anilines is 2. The van der Waals surface area contributed by atoms with Crippen LogP contribution in [0.15, 0.2) is 51.7 Å². The largest absolute Gasteiger partial charge is 0.416 e. The number of halogens is 3. The Kier molecular flexibility index (Phi) is 4.98. The molecule has 35 heavy (non-hydrogen) atoms. The highest BCUT2D eigenvalue weighted by atomic mass is 32.2. The lowest BCUT2D eigenvalue weighted by Crippen LogP contribution is -2.61. The van der Waals surface area contributed by atoms with Crippen LogP contribution in [0.5, 0.6) is 0 Å². The molecule has 0 saturated carbocycles. The number of nitrogens with zero attached hydrogens (tertiary/aromatic N) is 4. The Morgan fingerprint density at radius 2 is 2.09 bits per heavy atom. The lowest BCUT2D eigenvalue weighted by Gasteiger charge is -2.38. The third-order valence-corrected chi connectivity index (χ3v) is 8.26. The van der Waals surface area contributed by atoms with Crippen molar-refractivity contribution in [3.8, 4) is 0 Å². The highest BCUT2D eigenvalue weighted by Crippen LogP contribution is 2.34. The van der Waals surface area contributed by atoms with E-state index in [1.54, 1.807) is 29.2 Å². The molecule has 1 saturated heterocycles. The van der Waals surface area contributed by atoms with Gasteiger partial charge < -0.3 is 20.7 Å². The molecular formula is C23H25F3N6O2S. The van der Waals surface area contributed by atoms with E-state index in [1.165, 1.54) is 6.07 Å². The SMILES string of the molecule is [2H]C([2H])([2H])N=S1(=O)CCN(c2nc(NCC3(N)COC3)c3cc(C(F)(F)F)ccc3n2)Cc2ccccc21. The smallest absolute Gasteiger partial charge is 0.377 e. The van der Waals surface area contributed by atoms with E-state index in [0.717, 1.165) is 12.1 Å². The normalized spacial score (nSPS) is 23.3. The van der Waals surface area contributed by atoms with Gasteiger partial charge in [-0.2, -0.15) is 18.2 Å². The first-order valence-corrected chi connectivity index (χ1v) is 12.5. The zero-order chi connectivity index (χ0) is 27.3. The number of alkyl halides is 3. The van der Waals surface area contributed by atoms with Gasteiger partial charge in [0.25, 0.3) is 0 Å². The number of ether oxygens (including phenoxy) is 1. The summed E-state index contributed by atoms with van der Waals surface area (Å²) in [7, 11) is -3.29. The summed E-state index contributed by atoms with van der Waals surface area (Å²) < 4.78 is 85.7. The summed E-state index contributed by atoms with van der Waals surface area (Å²) in [6.45, 7) is -1.64. The molecule has 5 rings (SSSR count). The summed E-state index contributed by atoms with van der Waals surface area (Å²) in [5, 5.41) is 3.24. The zero-order valence-electron chi connectivity index (χ0n) is 21.5. The minimum absolute atomic E-state index is 0.0944. The van der Waals surface area contributed by atoms with E-state index in [9.17, 15) is 17.4 Å². The monoisotopic (exact) mass is 509 g/mol. The van der Waals surface area contributed by atoms with E-state index < -0.39 is 34.0 Å². The van der Waals surface area contributed by atoms with E-state index in [-0.39, 0.29) is 48.1 Å². The second-order valence-electron chi connectivity index (χ2n) is 8.78. The fourth-order valence-corrected chi connectivity index (χ4v) is 5.85. The summed E-state index contributed by atoms with van der Waals surface area (Å²) in [6.07, 6.45) is -4.55. The predicted octanol–water partition coefficient (Wildman–Crippen LogP) is 3.27. The van der Waals surface area contributed by atoms with Crippen LogP contribution < -0.4 is 16.0 Å². The molecule has 1 atom stereocenters. The molecule has 2 aromatic carbocycles. The minimum Gasteiger partial charge on any atom is -0.377 e. The van der Waals surface area contributed by atoms with Crippen LogP contribution in [0.25, 0.3) is 10.9 Å². The molecule has 1 fully saturated rings. The van der Waals surface area contributed by atoms with Crippen LogP contribution >= 0.6 is 0 Å². The van der Waals surface area contributed by atoms with Gasteiger partial charge in [0, 0.05) is 36.1 Å². The summed E-state index contributed by atoms with van der Waals surface area (Å²) in [5.74, 6) is 0.254. The average Bonchev–Trinajstić information content (AvgIpc) is 2.95. The van der Waals surface area contributed by atoms with E-state index in [0.29, 0.717) is 23.7 Å². The van der Waals surface area contributed by atoms with Crippen LogP contribution in [0.3, 0.4) is 0 Å². The van der Waals surface area contributed by atoms with E-state index >= 15 is 0 Å². The summed E-state index contributed by atoms with van der Waals surface area (Å²) >= 11 is 0. The van der Waals surface area contributed by atoms with Crippen molar-refractivity contribution in [1.82, 2.24) is 9.97 Å².